The van der Waals surface area contributed by atoms with Crippen LogP contribution in [0.3, 0.4) is 0 Å². The summed E-state index contributed by atoms with van der Waals surface area (Å²) in [5, 5.41) is 2.70. The number of piperazine rings is 1. The van der Waals surface area contributed by atoms with Crippen LogP contribution >= 0.6 is 12.4 Å². The van der Waals surface area contributed by atoms with Crippen molar-refractivity contribution < 1.29 is 9.59 Å². The molecule has 1 aliphatic heterocycles. The van der Waals surface area contributed by atoms with Crippen LogP contribution in [0.1, 0.15) is 52.0 Å². The first-order chi connectivity index (χ1) is 18.5. The molecule has 5 N–H and O–H groups in total. The van der Waals surface area contributed by atoms with Gasteiger partial charge in [-0.1, -0.05) is 25.5 Å². The van der Waals surface area contributed by atoms with Crippen LogP contribution in [0, 0.1) is 0 Å². The first kappa shape index (κ1) is 31.5. The zero-order chi connectivity index (χ0) is 28.2. The van der Waals surface area contributed by atoms with Gasteiger partial charge in [-0.2, -0.15) is 4.98 Å². The van der Waals surface area contributed by atoms with Crippen molar-refractivity contribution in [1.82, 2.24) is 24.3 Å². The molecule has 4 rings (SSSR count). The van der Waals surface area contributed by atoms with Gasteiger partial charge in [0.15, 0.2) is 0 Å². The van der Waals surface area contributed by atoms with Crippen LogP contribution in [-0.2, 0) is 11.3 Å². The molecule has 1 saturated carbocycles. The fourth-order valence-electron chi connectivity index (χ4n) is 5.41. The van der Waals surface area contributed by atoms with E-state index in [1.165, 1.54) is 23.0 Å². The molecule has 1 saturated heterocycles. The average Bonchev–Trinajstić information content (AvgIpc) is 2.91. The summed E-state index contributed by atoms with van der Waals surface area (Å²) >= 11 is 0. The Morgan fingerprint density at radius 2 is 1.73 bits per heavy atom. The van der Waals surface area contributed by atoms with Gasteiger partial charge in [-0.15, -0.1) is 12.4 Å². The third-order valence-corrected chi connectivity index (χ3v) is 7.65. The normalized spacial score (nSPS) is 19.8. The number of nitrogens with two attached hydrogens (primary N) is 2. The molecule has 1 aromatic heterocycles. The zero-order valence-corrected chi connectivity index (χ0v) is 24.5. The van der Waals surface area contributed by atoms with Gasteiger partial charge in [0.1, 0.15) is 5.82 Å². The van der Waals surface area contributed by atoms with E-state index >= 15 is 0 Å². The number of amides is 3. The number of hydrogen-bond donors (Lipinski definition) is 3. The van der Waals surface area contributed by atoms with E-state index in [0.717, 1.165) is 25.9 Å². The molecule has 12 heteroatoms. The highest BCUT2D eigenvalue weighted by atomic mass is 35.5. The van der Waals surface area contributed by atoms with Gasteiger partial charge in [-0.05, 0) is 63.4 Å². The van der Waals surface area contributed by atoms with Crippen molar-refractivity contribution in [1.29, 1.82) is 0 Å². The highest BCUT2D eigenvalue weighted by molar-refractivity contribution is 5.89. The number of carbonyl (C=O) groups excluding carboxylic acids is 2. The Kier molecular flexibility index (Phi) is 10.7. The summed E-state index contributed by atoms with van der Waals surface area (Å²) in [6, 6.07) is 9.96. The molecule has 1 aliphatic carbocycles. The second kappa shape index (κ2) is 13.6. The molecule has 2 aromatic rings. The average molecular weight is 575 g/mol. The minimum Gasteiger partial charge on any atom is -0.338 e. The summed E-state index contributed by atoms with van der Waals surface area (Å²) in [5.41, 5.74) is 12.6. The van der Waals surface area contributed by atoms with E-state index < -0.39 is 11.2 Å². The number of halogens is 1. The molecular weight excluding hydrogens is 532 g/mol. The van der Waals surface area contributed by atoms with Crippen LogP contribution in [0.5, 0.6) is 0 Å². The van der Waals surface area contributed by atoms with E-state index in [4.69, 9.17) is 11.5 Å². The first-order valence-corrected chi connectivity index (χ1v) is 13.9. The summed E-state index contributed by atoms with van der Waals surface area (Å²) in [7, 11) is 0. The lowest BCUT2D eigenvalue weighted by molar-refractivity contribution is -0.137. The van der Waals surface area contributed by atoms with E-state index in [0.29, 0.717) is 37.9 Å². The van der Waals surface area contributed by atoms with Gasteiger partial charge in [-0.25, -0.2) is 9.59 Å². The smallest absolute Gasteiger partial charge is 0.338 e. The van der Waals surface area contributed by atoms with Gasteiger partial charge >= 0.3 is 11.7 Å². The minimum absolute atomic E-state index is 0. The minimum atomic E-state index is -0.946. The van der Waals surface area contributed by atoms with Crippen molar-refractivity contribution in [3.05, 3.63) is 52.6 Å². The van der Waals surface area contributed by atoms with Crippen molar-refractivity contribution in [2.45, 2.75) is 70.6 Å². The van der Waals surface area contributed by atoms with E-state index in [2.05, 4.69) is 22.1 Å². The Balaban J connectivity index is 0.00000441. The molecule has 0 spiro atoms. The van der Waals surface area contributed by atoms with E-state index in [-0.39, 0.29) is 36.2 Å². The third-order valence-electron chi connectivity index (χ3n) is 7.65. The van der Waals surface area contributed by atoms with E-state index in [9.17, 15) is 14.4 Å². The Morgan fingerprint density at radius 3 is 2.30 bits per heavy atom. The molecule has 220 valence electrons. The maximum Gasteiger partial charge on any atom is 0.354 e. The largest absolute Gasteiger partial charge is 0.354 e. The number of carbonyl (C=O) groups is 2. The number of anilines is 1. The van der Waals surface area contributed by atoms with Crippen LogP contribution in [0.4, 0.5) is 10.6 Å². The molecule has 2 fully saturated rings. The summed E-state index contributed by atoms with van der Waals surface area (Å²) in [4.78, 5) is 47.6. The van der Waals surface area contributed by atoms with Gasteiger partial charge in [0, 0.05) is 51.0 Å². The van der Waals surface area contributed by atoms with Crippen molar-refractivity contribution in [2.24, 2.45) is 11.5 Å². The van der Waals surface area contributed by atoms with Crippen molar-refractivity contribution in [3.8, 4) is 5.69 Å². The first-order valence-electron chi connectivity index (χ1n) is 13.9. The lowest BCUT2D eigenvalue weighted by Gasteiger charge is -2.37. The Bertz CT molecular complexity index is 1210. The fourth-order valence-corrected chi connectivity index (χ4v) is 5.41. The highest BCUT2D eigenvalue weighted by Crippen LogP contribution is 2.24. The molecule has 40 heavy (non-hydrogen) atoms. The SMILES string of the molecule is CCN(Cc1ccc(-n2ccc(NC(=O)N3CCN(C(=O)C(C)(C)N)CC3)nc2=O)cc1)C1CCCC(N)C1.Cl. The second-order valence-corrected chi connectivity index (χ2v) is 11.2. The summed E-state index contributed by atoms with van der Waals surface area (Å²) < 4.78 is 1.45. The predicted octanol–water partition coefficient (Wildman–Crippen LogP) is 2.16. The van der Waals surface area contributed by atoms with Gasteiger partial charge in [-0.3, -0.25) is 19.6 Å². The molecule has 2 atom stereocenters. The molecule has 3 amide bonds. The molecule has 2 heterocycles. The van der Waals surface area contributed by atoms with Gasteiger partial charge < -0.3 is 21.3 Å². The number of urea groups is 1. The molecule has 11 nitrogen and oxygen atoms in total. The molecule has 0 bridgehead atoms. The van der Waals surface area contributed by atoms with Gasteiger partial charge in [0.05, 0.1) is 11.2 Å². The summed E-state index contributed by atoms with van der Waals surface area (Å²) in [6.07, 6.45) is 6.13. The monoisotopic (exact) mass is 574 g/mol. The Hall–Kier alpha value is -2.99. The van der Waals surface area contributed by atoms with Gasteiger partial charge in [0.2, 0.25) is 5.91 Å². The number of hydrogen-bond acceptors (Lipinski definition) is 7. The number of nitrogens with zero attached hydrogens (tertiary/aromatic N) is 5. The molecule has 2 aliphatic rings. The van der Waals surface area contributed by atoms with Crippen LogP contribution in [0.2, 0.25) is 0 Å². The van der Waals surface area contributed by atoms with E-state index in [1.54, 1.807) is 35.9 Å². The van der Waals surface area contributed by atoms with Crippen molar-refractivity contribution in [3.63, 3.8) is 0 Å². The predicted molar refractivity (Wildman–Crippen MR) is 159 cm³/mol. The van der Waals surface area contributed by atoms with Gasteiger partial charge in [0.25, 0.3) is 0 Å². The van der Waals surface area contributed by atoms with Crippen LogP contribution < -0.4 is 22.5 Å². The van der Waals surface area contributed by atoms with Crippen molar-refractivity contribution >= 4 is 30.2 Å². The van der Waals surface area contributed by atoms with Crippen LogP contribution in [0.25, 0.3) is 5.69 Å². The Labute approximate surface area is 242 Å². The summed E-state index contributed by atoms with van der Waals surface area (Å²) in [6.45, 7) is 8.90. The fraction of sp³-hybridized carbons (Fsp3) is 0.571. The Morgan fingerprint density at radius 1 is 1.07 bits per heavy atom. The number of aromatic nitrogens is 2. The third kappa shape index (κ3) is 7.81. The maximum atomic E-state index is 12.8. The number of nitrogens with one attached hydrogen (secondary N) is 1. The molecular formula is C28H43ClN8O3. The van der Waals surface area contributed by atoms with Crippen LogP contribution in [0.15, 0.2) is 41.3 Å². The zero-order valence-electron chi connectivity index (χ0n) is 23.7. The molecule has 2 unspecified atom stereocenters. The lowest BCUT2D eigenvalue weighted by atomic mass is 9.90. The van der Waals surface area contributed by atoms with E-state index in [1.807, 2.05) is 24.3 Å². The lowest BCUT2D eigenvalue weighted by Crippen LogP contribution is -2.58. The van der Waals surface area contributed by atoms with Crippen LogP contribution in [-0.4, -0.2) is 86.5 Å². The van der Waals surface area contributed by atoms with Crippen molar-refractivity contribution in [2.75, 3.05) is 38.0 Å². The second-order valence-electron chi connectivity index (χ2n) is 11.2. The highest BCUT2D eigenvalue weighted by Gasteiger charge is 2.31. The number of benzene rings is 1. The molecule has 0 radical (unpaired) electrons. The standard InChI is InChI=1S/C28H42N8O3.ClH/c1-4-33(23-7-5-6-21(29)18-23)19-20-8-10-22(11-9-20)36-13-12-24(32-27(36)39)31-26(38)35-16-14-34(15-17-35)25(37)28(2,3)30;/h8-13,21,23H,4-7,14-19,29-30H2,1-3H3,(H,31,32,38,39);1H. The molecule has 1 aromatic carbocycles. The topological polar surface area (TPSA) is 143 Å². The summed E-state index contributed by atoms with van der Waals surface area (Å²) in [5.74, 6) is 0.0428. The number of rotatable bonds is 7. The quantitative estimate of drug-likeness (QED) is 0.460. The maximum absolute atomic E-state index is 12.8.